The highest BCUT2D eigenvalue weighted by Gasteiger charge is 2.60. The molecule has 4 aliphatic rings. The van der Waals surface area contributed by atoms with Crippen molar-refractivity contribution in [1.82, 2.24) is 0 Å². The lowest BCUT2D eigenvalue weighted by Gasteiger charge is -2.48. The summed E-state index contributed by atoms with van der Waals surface area (Å²) in [7, 11) is 0. The number of Topliss-reactive ketones (excluding diaryl/α,β-unsaturated/α-hetero) is 4. The van der Waals surface area contributed by atoms with Crippen molar-refractivity contribution < 1.29 is 33.8 Å². The Kier molecular flexibility index (Phi) is 6.01. The number of phenols is 1. The van der Waals surface area contributed by atoms with E-state index in [1.807, 2.05) is 27.7 Å². The van der Waals surface area contributed by atoms with Crippen LogP contribution in [0.3, 0.4) is 0 Å². The first-order valence-corrected chi connectivity index (χ1v) is 14.6. The monoisotopic (exact) mass is 562 g/mol. The highest BCUT2D eigenvalue weighted by Crippen LogP contribution is 2.63. The van der Waals surface area contributed by atoms with E-state index in [0.717, 1.165) is 0 Å². The topological polar surface area (TPSA) is 107 Å². The van der Waals surface area contributed by atoms with Crippen LogP contribution >= 0.6 is 0 Å². The number of hydrogen-bond donors (Lipinski definition) is 1. The van der Waals surface area contributed by atoms with Crippen LogP contribution in [0.5, 0.6) is 17.2 Å². The smallest absolute Gasteiger partial charge is 0.175 e. The van der Waals surface area contributed by atoms with Gasteiger partial charge < -0.3 is 14.6 Å². The summed E-state index contributed by atoms with van der Waals surface area (Å²) < 4.78 is 13.1. The van der Waals surface area contributed by atoms with E-state index in [4.69, 9.17) is 9.47 Å². The Morgan fingerprint density at radius 1 is 0.634 bits per heavy atom. The molecular weight excluding hydrogens is 520 g/mol. The molecule has 0 saturated carbocycles. The zero-order valence-corrected chi connectivity index (χ0v) is 26.3. The first kappa shape index (κ1) is 29.3. The number of ether oxygens (including phenoxy) is 2. The number of allylic oxidation sites excluding steroid dienone is 4. The molecule has 7 nitrogen and oxygen atoms in total. The molecule has 1 aromatic rings. The van der Waals surface area contributed by atoms with Crippen LogP contribution in [0.25, 0.3) is 0 Å². The van der Waals surface area contributed by atoms with Gasteiger partial charge in [0, 0.05) is 40.2 Å². The predicted molar refractivity (Wildman–Crippen MR) is 154 cm³/mol. The number of ketones is 4. The van der Waals surface area contributed by atoms with Crippen LogP contribution in [-0.4, -0.2) is 28.2 Å². The van der Waals surface area contributed by atoms with Gasteiger partial charge in [-0.25, -0.2) is 0 Å². The quantitative estimate of drug-likeness (QED) is 0.406. The predicted octanol–water partition coefficient (Wildman–Crippen LogP) is 6.57. The Labute approximate surface area is 242 Å². The molecule has 5 rings (SSSR count). The van der Waals surface area contributed by atoms with E-state index in [2.05, 4.69) is 0 Å². The molecule has 0 bridgehead atoms. The van der Waals surface area contributed by atoms with Crippen LogP contribution in [0, 0.1) is 33.5 Å². The van der Waals surface area contributed by atoms with E-state index in [-0.39, 0.29) is 40.7 Å². The molecule has 0 aromatic heterocycles. The van der Waals surface area contributed by atoms with Crippen LogP contribution in [0.1, 0.15) is 106 Å². The Morgan fingerprint density at radius 2 is 1.02 bits per heavy atom. The minimum atomic E-state index is -1.25. The number of fused-ring (bicyclic) bond motifs is 3. The average molecular weight is 563 g/mol. The standard InChI is InChI=1S/C34H42O7/c1-14(2)18-20-16(35)13-17-21(24(20)41-28-22(18)25(36)31(5,6)30(39)34(28,11)12)19(15(3)4)23-26(37)32(7,8)29(38)33(9,10)27(23)40-17/h13-15,18-19,35H,1-12H3. The van der Waals surface area contributed by atoms with E-state index in [0.29, 0.717) is 45.3 Å². The van der Waals surface area contributed by atoms with Crippen molar-refractivity contribution in [2.24, 2.45) is 33.5 Å². The molecule has 2 aliphatic heterocycles. The third-order valence-electron chi connectivity index (χ3n) is 9.81. The molecule has 2 aliphatic carbocycles. The fourth-order valence-corrected chi connectivity index (χ4v) is 7.73. The van der Waals surface area contributed by atoms with Crippen LogP contribution in [-0.2, 0) is 19.2 Å². The summed E-state index contributed by atoms with van der Waals surface area (Å²) in [5.74, 6) is -1.20. The van der Waals surface area contributed by atoms with Crippen LogP contribution in [0.2, 0.25) is 0 Å². The molecule has 0 saturated heterocycles. The second-order valence-corrected chi connectivity index (χ2v) is 15.0. The van der Waals surface area contributed by atoms with Crippen molar-refractivity contribution in [3.05, 3.63) is 39.9 Å². The van der Waals surface area contributed by atoms with Gasteiger partial charge in [0.25, 0.3) is 0 Å². The highest BCUT2D eigenvalue weighted by molar-refractivity contribution is 6.21. The molecule has 41 heavy (non-hydrogen) atoms. The lowest BCUT2D eigenvalue weighted by molar-refractivity contribution is -0.146. The van der Waals surface area contributed by atoms with Gasteiger partial charge in [0.2, 0.25) is 0 Å². The summed E-state index contributed by atoms with van der Waals surface area (Å²) >= 11 is 0. The van der Waals surface area contributed by atoms with E-state index in [9.17, 15) is 24.3 Å². The van der Waals surface area contributed by atoms with Crippen molar-refractivity contribution in [2.75, 3.05) is 0 Å². The second-order valence-electron chi connectivity index (χ2n) is 15.0. The fraction of sp³-hybridized carbons (Fsp3) is 0.588. The maximum Gasteiger partial charge on any atom is 0.175 e. The third kappa shape index (κ3) is 3.50. The number of aromatic hydroxyl groups is 1. The van der Waals surface area contributed by atoms with Crippen LogP contribution in [0.15, 0.2) is 28.7 Å². The number of benzene rings is 1. The molecule has 7 heteroatoms. The summed E-state index contributed by atoms with van der Waals surface area (Å²) in [5.41, 5.74) is -2.77. The van der Waals surface area contributed by atoms with Gasteiger partial charge in [0.05, 0.1) is 21.7 Å². The van der Waals surface area contributed by atoms with Gasteiger partial charge in [0.15, 0.2) is 23.1 Å². The first-order chi connectivity index (χ1) is 18.6. The van der Waals surface area contributed by atoms with E-state index >= 15 is 0 Å². The molecule has 1 aromatic carbocycles. The normalized spacial score (nSPS) is 27.3. The van der Waals surface area contributed by atoms with E-state index in [1.165, 1.54) is 6.07 Å². The Morgan fingerprint density at radius 3 is 1.44 bits per heavy atom. The summed E-state index contributed by atoms with van der Waals surface area (Å²) in [4.78, 5) is 55.2. The van der Waals surface area contributed by atoms with Crippen molar-refractivity contribution in [3.8, 4) is 17.2 Å². The minimum Gasteiger partial charge on any atom is -0.507 e. The summed E-state index contributed by atoms with van der Waals surface area (Å²) in [6.45, 7) is 21.7. The molecule has 0 radical (unpaired) electrons. The van der Waals surface area contributed by atoms with Gasteiger partial charge >= 0.3 is 0 Å². The molecular formula is C34H42O7. The zero-order valence-electron chi connectivity index (χ0n) is 26.3. The van der Waals surface area contributed by atoms with Crippen LogP contribution < -0.4 is 9.47 Å². The Bertz CT molecular complexity index is 1520. The van der Waals surface area contributed by atoms with Crippen molar-refractivity contribution in [3.63, 3.8) is 0 Å². The van der Waals surface area contributed by atoms with Crippen LogP contribution in [0.4, 0.5) is 0 Å². The van der Waals surface area contributed by atoms with Gasteiger partial charge in [-0.15, -0.1) is 0 Å². The molecule has 2 heterocycles. The highest BCUT2D eigenvalue weighted by atomic mass is 16.5. The minimum absolute atomic E-state index is 0.0949. The Hall–Kier alpha value is -3.22. The van der Waals surface area contributed by atoms with Crippen molar-refractivity contribution in [1.29, 1.82) is 0 Å². The maximum atomic E-state index is 14.1. The van der Waals surface area contributed by atoms with Crippen molar-refractivity contribution in [2.45, 2.75) is 94.9 Å². The molecule has 0 amide bonds. The number of phenolic OH excluding ortho intramolecular Hbond substituents is 1. The van der Waals surface area contributed by atoms with Crippen molar-refractivity contribution >= 4 is 23.1 Å². The van der Waals surface area contributed by atoms with Gasteiger partial charge in [0.1, 0.15) is 28.8 Å². The lowest BCUT2D eigenvalue weighted by Crippen LogP contribution is -2.53. The summed E-state index contributed by atoms with van der Waals surface area (Å²) in [6, 6.07) is 1.52. The number of rotatable bonds is 2. The largest absolute Gasteiger partial charge is 0.507 e. The SMILES string of the molecule is CC(C)C1C2=C(Oc3c1c(O)cc1c3C(C(C)C)C3=C(O1)C(C)(C)C(=O)C(C)(C)C3=O)C(C)(C)C(=O)C(C)(C)C2=O. The first-order valence-electron chi connectivity index (χ1n) is 14.6. The van der Waals surface area contributed by atoms with Gasteiger partial charge in [-0.3, -0.25) is 19.2 Å². The molecule has 220 valence electrons. The maximum absolute atomic E-state index is 14.1. The molecule has 0 spiro atoms. The number of carbonyl (C=O) groups is 4. The van der Waals surface area contributed by atoms with Gasteiger partial charge in [-0.05, 0) is 67.2 Å². The zero-order chi connectivity index (χ0) is 30.9. The summed E-state index contributed by atoms with van der Waals surface area (Å²) in [6.07, 6.45) is 0. The summed E-state index contributed by atoms with van der Waals surface area (Å²) in [5, 5.41) is 11.5. The average Bonchev–Trinajstić information content (AvgIpc) is 2.87. The van der Waals surface area contributed by atoms with Gasteiger partial charge in [-0.1, -0.05) is 27.7 Å². The molecule has 2 unspecified atom stereocenters. The lowest BCUT2D eigenvalue weighted by atomic mass is 9.58. The number of hydrogen-bond acceptors (Lipinski definition) is 7. The van der Waals surface area contributed by atoms with E-state index < -0.39 is 33.5 Å². The van der Waals surface area contributed by atoms with E-state index in [1.54, 1.807) is 55.4 Å². The Balaban J connectivity index is 1.86. The molecule has 1 N–H and O–H groups in total. The molecule has 0 fully saturated rings. The van der Waals surface area contributed by atoms with Gasteiger partial charge in [-0.2, -0.15) is 0 Å². The second kappa shape index (κ2) is 8.42. The number of carbonyl (C=O) groups excluding carboxylic acids is 4. The molecule has 2 atom stereocenters. The third-order valence-corrected chi connectivity index (χ3v) is 9.81. The fourth-order valence-electron chi connectivity index (χ4n) is 7.73.